The molecule has 1 aliphatic heterocycles. The van der Waals surface area contributed by atoms with E-state index in [1.54, 1.807) is 30.5 Å². The lowest BCUT2D eigenvalue weighted by Crippen LogP contribution is -2.29. The lowest BCUT2D eigenvalue weighted by atomic mass is 9.96. The van der Waals surface area contributed by atoms with E-state index >= 15 is 0 Å². The van der Waals surface area contributed by atoms with E-state index in [1.807, 2.05) is 28.9 Å². The molecule has 2 heterocycles. The first-order valence-electron chi connectivity index (χ1n) is 11.1. The van der Waals surface area contributed by atoms with E-state index in [1.165, 1.54) is 16.8 Å². The molecule has 0 radical (unpaired) electrons. The second-order valence-corrected chi connectivity index (χ2v) is 10.3. The molecule has 7 nitrogen and oxygen atoms in total. The molecule has 1 aliphatic carbocycles. The average molecular weight is 451 g/mol. The monoisotopic (exact) mass is 450 g/mol. The normalized spacial score (nSPS) is 16.7. The van der Waals surface area contributed by atoms with Gasteiger partial charge in [-0.1, -0.05) is 43.5 Å². The summed E-state index contributed by atoms with van der Waals surface area (Å²) in [4.78, 5) is 13.1. The number of benzene rings is 2. The molecule has 1 aromatic heterocycles. The molecule has 0 saturated heterocycles. The fraction of sp³-hybridized carbons (Fsp3) is 0.333. The first kappa shape index (κ1) is 20.8. The number of nitrogens with zero attached hydrogens (tertiary/aromatic N) is 3. The summed E-state index contributed by atoms with van der Waals surface area (Å²) in [7, 11) is -3.76. The van der Waals surface area contributed by atoms with Gasteiger partial charge >= 0.3 is 0 Å². The molecule has 32 heavy (non-hydrogen) atoms. The molecule has 0 unspecified atom stereocenters. The number of aromatic nitrogens is 2. The topological polar surface area (TPSA) is 84.3 Å². The Balaban J connectivity index is 1.38. The van der Waals surface area contributed by atoms with E-state index in [0.717, 1.165) is 31.2 Å². The van der Waals surface area contributed by atoms with Crippen molar-refractivity contribution in [1.82, 2.24) is 9.78 Å². The van der Waals surface area contributed by atoms with Gasteiger partial charge in [0.25, 0.3) is 15.9 Å². The Labute approximate surface area is 188 Å². The summed E-state index contributed by atoms with van der Waals surface area (Å²) in [6.45, 7) is 0.401. The van der Waals surface area contributed by atoms with Crippen molar-refractivity contribution in [2.75, 3.05) is 16.2 Å². The molecule has 166 valence electrons. The van der Waals surface area contributed by atoms with Crippen molar-refractivity contribution in [2.45, 2.75) is 49.5 Å². The van der Waals surface area contributed by atoms with E-state index < -0.39 is 10.0 Å². The number of nitrogens with one attached hydrogen (secondary N) is 1. The molecule has 1 amide bonds. The zero-order valence-electron chi connectivity index (χ0n) is 17.8. The first-order valence-corrected chi connectivity index (χ1v) is 12.5. The molecule has 1 saturated carbocycles. The molecular weight excluding hydrogens is 424 g/mol. The number of carbonyl (C=O) groups excluding carboxylic acids is 1. The number of hydrogen-bond acceptors (Lipinski definition) is 4. The molecule has 0 atom stereocenters. The van der Waals surface area contributed by atoms with Crippen LogP contribution < -0.4 is 9.62 Å². The van der Waals surface area contributed by atoms with Crippen LogP contribution >= 0.6 is 0 Å². The SMILES string of the molecule is O=C(Nc1ccnn1C1CCCCC1)c1cccc(S(=O)(=O)N2CCc3ccccc32)c1. The molecule has 5 rings (SSSR count). The van der Waals surface area contributed by atoms with Crippen LogP contribution in [0.25, 0.3) is 0 Å². The van der Waals surface area contributed by atoms with Crippen LogP contribution in [0.3, 0.4) is 0 Å². The Hall–Kier alpha value is -3.13. The zero-order chi connectivity index (χ0) is 22.1. The lowest BCUT2D eigenvalue weighted by Gasteiger charge is -2.24. The van der Waals surface area contributed by atoms with Gasteiger partial charge in [0.2, 0.25) is 0 Å². The highest BCUT2D eigenvalue weighted by Gasteiger charge is 2.31. The second-order valence-electron chi connectivity index (χ2n) is 8.39. The number of amides is 1. The third kappa shape index (κ3) is 3.79. The van der Waals surface area contributed by atoms with E-state index in [4.69, 9.17) is 0 Å². The van der Waals surface area contributed by atoms with Gasteiger partial charge in [0.1, 0.15) is 5.82 Å². The second kappa shape index (κ2) is 8.43. The number of hydrogen-bond donors (Lipinski definition) is 1. The van der Waals surface area contributed by atoms with Gasteiger partial charge in [-0.3, -0.25) is 9.10 Å². The van der Waals surface area contributed by atoms with Crippen LogP contribution in [0.5, 0.6) is 0 Å². The summed E-state index contributed by atoms with van der Waals surface area (Å²) >= 11 is 0. The maximum absolute atomic E-state index is 13.3. The standard InChI is InChI=1S/C24H26N4O3S/c29-24(26-23-13-15-25-28(23)20-9-2-1-3-10-20)19-8-6-11-21(17-19)32(30,31)27-16-14-18-7-4-5-12-22(18)27/h4-8,11-13,15,17,20H,1-3,9-10,14,16H2,(H,26,29). The Kier molecular flexibility index (Phi) is 5.46. The summed E-state index contributed by atoms with van der Waals surface area (Å²) in [6, 6.07) is 15.8. The van der Waals surface area contributed by atoms with Gasteiger partial charge in [-0.05, 0) is 49.1 Å². The quantitative estimate of drug-likeness (QED) is 0.625. The largest absolute Gasteiger partial charge is 0.307 e. The number of fused-ring (bicyclic) bond motifs is 1. The highest BCUT2D eigenvalue weighted by Crippen LogP contribution is 2.33. The van der Waals surface area contributed by atoms with E-state index in [-0.39, 0.29) is 16.8 Å². The number of carbonyl (C=O) groups is 1. The molecule has 8 heteroatoms. The highest BCUT2D eigenvalue weighted by atomic mass is 32.2. The summed E-state index contributed by atoms with van der Waals surface area (Å²) < 4.78 is 30.0. The van der Waals surface area contributed by atoms with Crippen LogP contribution in [-0.4, -0.2) is 30.7 Å². The maximum atomic E-state index is 13.3. The Bertz CT molecular complexity index is 1250. The number of para-hydroxylation sites is 1. The summed E-state index contributed by atoms with van der Waals surface area (Å²) in [5.74, 6) is 0.296. The van der Waals surface area contributed by atoms with Gasteiger partial charge in [0.05, 0.1) is 22.8 Å². The maximum Gasteiger partial charge on any atom is 0.264 e. The van der Waals surface area contributed by atoms with E-state index in [2.05, 4.69) is 10.4 Å². The van der Waals surface area contributed by atoms with Crippen LogP contribution in [0.1, 0.15) is 54.1 Å². The number of rotatable bonds is 5. The lowest BCUT2D eigenvalue weighted by molar-refractivity contribution is 0.102. The van der Waals surface area contributed by atoms with Gasteiger partial charge in [-0.2, -0.15) is 5.10 Å². The minimum atomic E-state index is -3.76. The number of sulfonamides is 1. The average Bonchev–Trinajstić information content (AvgIpc) is 3.47. The highest BCUT2D eigenvalue weighted by molar-refractivity contribution is 7.92. The van der Waals surface area contributed by atoms with Crippen molar-refractivity contribution in [2.24, 2.45) is 0 Å². The van der Waals surface area contributed by atoms with Crippen LogP contribution in [0.4, 0.5) is 11.5 Å². The van der Waals surface area contributed by atoms with Crippen molar-refractivity contribution in [1.29, 1.82) is 0 Å². The van der Waals surface area contributed by atoms with Crippen LogP contribution in [0.2, 0.25) is 0 Å². The van der Waals surface area contributed by atoms with Gasteiger partial charge in [-0.15, -0.1) is 0 Å². The minimum absolute atomic E-state index is 0.114. The van der Waals surface area contributed by atoms with E-state index in [9.17, 15) is 13.2 Å². The van der Waals surface area contributed by atoms with Crippen molar-refractivity contribution < 1.29 is 13.2 Å². The van der Waals surface area contributed by atoms with Crippen LogP contribution in [0.15, 0.2) is 65.7 Å². The Morgan fingerprint density at radius 3 is 2.66 bits per heavy atom. The molecule has 0 bridgehead atoms. The van der Waals surface area contributed by atoms with Gasteiger partial charge in [0.15, 0.2) is 0 Å². The van der Waals surface area contributed by atoms with Crippen LogP contribution in [-0.2, 0) is 16.4 Å². The minimum Gasteiger partial charge on any atom is -0.307 e. The van der Waals surface area contributed by atoms with Crippen molar-refractivity contribution in [3.8, 4) is 0 Å². The van der Waals surface area contributed by atoms with Crippen molar-refractivity contribution in [3.05, 3.63) is 71.9 Å². The fourth-order valence-electron chi connectivity index (χ4n) is 4.70. The zero-order valence-corrected chi connectivity index (χ0v) is 18.6. The molecular formula is C24H26N4O3S. The van der Waals surface area contributed by atoms with Gasteiger partial charge in [0, 0.05) is 18.2 Å². The molecule has 1 fully saturated rings. The third-order valence-corrected chi connectivity index (χ3v) is 8.17. The fourth-order valence-corrected chi connectivity index (χ4v) is 6.25. The number of anilines is 2. The predicted molar refractivity (Wildman–Crippen MR) is 123 cm³/mol. The molecule has 2 aromatic carbocycles. The Morgan fingerprint density at radius 1 is 1.00 bits per heavy atom. The van der Waals surface area contributed by atoms with Crippen LogP contribution in [0, 0.1) is 0 Å². The Morgan fingerprint density at radius 2 is 1.81 bits per heavy atom. The van der Waals surface area contributed by atoms with Crippen molar-refractivity contribution in [3.63, 3.8) is 0 Å². The van der Waals surface area contributed by atoms with Gasteiger partial charge < -0.3 is 5.32 Å². The third-order valence-electron chi connectivity index (χ3n) is 6.36. The van der Waals surface area contributed by atoms with E-state index in [0.29, 0.717) is 30.0 Å². The first-order chi connectivity index (χ1) is 15.5. The molecule has 2 aliphatic rings. The smallest absolute Gasteiger partial charge is 0.264 e. The summed E-state index contributed by atoms with van der Waals surface area (Å²) in [6.07, 6.45) is 8.04. The summed E-state index contributed by atoms with van der Waals surface area (Å²) in [5, 5.41) is 7.34. The molecule has 1 N–H and O–H groups in total. The molecule has 0 spiro atoms. The summed E-state index contributed by atoms with van der Waals surface area (Å²) in [5.41, 5.74) is 2.02. The van der Waals surface area contributed by atoms with Gasteiger partial charge in [-0.25, -0.2) is 13.1 Å². The molecule has 3 aromatic rings. The van der Waals surface area contributed by atoms with Crippen molar-refractivity contribution >= 4 is 27.4 Å². The predicted octanol–water partition coefficient (Wildman–Crippen LogP) is 4.39.